The van der Waals surface area contributed by atoms with E-state index in [1.54, 1.807) is 17.9 Å². The van der Waals surface area contributed by atoms with Crippen LogP contribution in [0, 0.1) is 0 Å². The third kappa shape index (κ3) is 5.15. The minimum Gasteiger partial charge on any atom is -0.475 e. The van der Waals surface area contributed by atoms with E-state index in [1.165, 1.54) is 24.2 Å². The average molecular weight is 562 g/mol. The maximum absolute atomic E-state index is 12.8. The maximum Gasteiger partial charge on any atom is 0.490 e. The molecule has 3 fully saturated rings. The van der Waals surface area contributed by atoms with Gasteiger partial charge in [0.25, 0.3) is 5.91 Å². The van der Waals surface area contributed by atoms with Crippen molar-refractivity contribution in [2.45, 2.75) is 31.1 Å². The number of thiophene rings is 1. The zero-order valence-corrected chi connectivity index (χ0v) is 20.0. The van der Waals surface area contributed by atoms with Crippen molar-refractivity contribution in [3.63, 3.8) is 0 Å². The number of carbonyl (C=O) groups excluding carboxylic acids is 1. The molecule has 3 aromatic rings. The third-order valence-electron chi connectivity index (χ3n) is 5.43. The Kier molecular flexibility index (Phi) is 6.78. The predicted octanol–water partition coefficient (Wildman–Crippen LogP) is 3.01. The van der Waals surface area contributed by atoms with Crippen molar-refractivity contribution in [3.05, 3.63) is 27.9 Å². The van der Waals surface area contributed by atoms with E-state index in [9.17, 15) is 18.0 Å². The number of carboxylic acids is 1. The largest absolute Gasteiger partial charge is 0.490 e. The number of alkyl halides is 3. The Bertz CT molecular complexity index is 1220. The molecule has 10 nitrogen and oxygen atoms in total. The number of nitrogens with zero attached hydrogens (tertiary/aromatic N) is 5. The number of carboxylic acid groups (broad SMARTS) is 1. The second kappa shape index (κ2) is 9.46. The van der Waals surface area contributed by atoms with Crippen molar-refractivity contribution in [1.29, 1.82) is 0 Å². The van der Waals surface area contributed by atoms with Crippen LogP contribution in [0.15, 0.2) is 22.4 Å². The molecule has 3 saturated heterocycles. The molecule has 1 amide bonds. The molecule has 0 aliphatic carbocycles. The molecular formula is C19H19BrF3N7O3S. The number of aromatic nitrogens is 4. The lowest BCUT2D eigenvalue weighted by Crippen LogP contribution is -2.61. The number of aryl methyl sites for hydroxylation is 1. The number of fused-ring (bicyclic) bond motifs is 4. The molecule has 2 bridgehead atoms. The minimum atomic E-state index is -5.08. The smallest absolute Gasteiger partial charge is 0.475 e. The summed E-state index contributed by atoms with van der Waals surface area (Å²) < 4.78 is 34.0. The Morgan fingerprint density at radius 1 is 1.35 bits per heavy atom. The lowest BCUT2D eigenvalue weighted by molar-refractivity contribution is -0.192. The lowest BCUT2D eigenvalue weighted by Gasteiger charge is -2.46. The lowest BCUT2D eigenvalue weighted by atomic mass is 9.93. The number of aliphatic carboxylic acids is 1. The number of piperidine rings is 2. The molecule has 0 saturated carbocycles. The number of amides is 1. The van der Waals surface area contributed by atoms with Crippen molar-refractivity contribution in [2.24, 2.45) is 7.05 Å². The van der Waals surface area contributed by atoms with E-state index in [0.29, 0.717) is 33.5 Å². The van der Waals surface area contributed by atoms with Crippen LogP contribution >= 0.6 is 27.3 Å². The SMILES string of the molecule is Cn1cc(NC(=O)c2csc3ncc(N4C[C@H]5CC[C@@H]4CN5)nc23)c(Br)n1.O=C(O)C(F)(F)F. The molecule has 182 valence electrons. The fourth-order valence-electron chi connectivity index (χ4n) is 3.82. The summed E-state index contributed by atoms with van der Waals surface area (Å²) in [6, 6.07) is 0.963. The molecule has 15 heteroatoms. The van der Waals surface area contributed by atoms with Crippen LogP contribution < -0.4 is 15.5 Å². The molecular weight excluding hydrogens is 543 g/mol. The number of hydrogen-bond donors (Lipinski definition) is 3. The van der Waals surface area contributed by atoms with E-state index in [0.717, 1.165) is 23.7 Å². The molecule has 0 unspecified atom stereocenters. The van der Waals surface area contributed by atoms with E-state index >= 15 is 0 Å². The van der Waals surface area contributed by atoms with E-state index in [2.05, 4.69) is 41.5 Å². The third-order valence-corrected chi connectivity index (χ3v) is 6.89. The van der Waals surface area contributed by atoms with Crippen molar-refractivity contribution < 1.29 is 27.9 Å². The summed E-state index contributed by atoms with van der Waals surface area (Å²) in [5, 5.41) is 19.6. The van der Waals surface area contributed by atoms with Crippen LogP contribution in [0.3, 0.4) is 0 Å². The van der Waals surface area contributed by atoms with E-state index < -0.39 is 12.1 Å². The first kappa shape index (κ1) is 24.3. The van der Waals surface area contributed by atoms with Crippen LogP contribution in [0.5, 0.6) is 0 Å². The average Bonchev–Trinajstić information content (AvgIpc) is 3.36. The van der Waals surface area contributed by atoms with Gasteiger partial charge in [-0.15, -0.1) is 11.3 Å². The molecule has 34 heavy (non-hydrogen) atoms. The number of carbonyl (C=O) groups is 2. The number of nitrogens with one attached hydrogen (secondary N) is 2. The molecule has 2 atom stereocenters. The number of hydrogen-bond acceptors (Lipinski definition) is 8. The van der Waals surface area contributed by atoms with Gasteiger partial charge >= 0.3 is 12.1 Å². The summed E-state index contributed by atoms with van der Waals surface area (Å²) >= 11 is 4.79. The Balaban J connectivity index is 0.000000344. The summed E-state index contributed by atoms with van der Waals surface area (Å²) in [4.78, 5) is 34.2. The van der Waals surface area contributed by atoms with E-state index in [4.69, 9.17) is 14.9 Å². The normalized spacial score (nSPS) is 19.6. The van der Waals surface area contributed by atoms with Gasteiger partial charge in [0, 0.05) is 43.8 Å². The monoisotopic (exact) mass is 561 g/mol. The standard InChI is InChI=1S/C17H18BrN7OS.C2HF3O2/c1-24-7-12(15(18)23-24)21-16(26)11-8-27-17-14(11)22-13(5-20-17)25-6-9-2-3-10(25)4-19-9;3-2(4,5)1(6)7/h5,7-10,19H,2-4,6H2,1H3,(H,21,26);(H,6,7)/t9-,10-;/m1./s1. The summed E-state index contributed by atoms with van der Waals surface area (Å²) in [6.45, 7) is 1.93. The Labute approximate surface area is 203 Å². The highest BCUT2D eigenvalue weighted by Gasteiger charge is 2.38. The van der Waals surface area contributed by atoms with Crippen LogP contribution in [0.25, 0.3) is 10.3 Å². The van der Waals surface area contributed by atoms with Gasteiger partial charge < -0.3 is 20.6 Å². The molecule has 6 rings (SSSR count). The van der Waals surface area contributed by atoms with Crippen molar-refractivity contribution in [2.75, 3.05) is 23.3 Å². The van der Waals surface area contributed by atoms with Gasteiger partial charge in [-0.3, -0.25) is 9.48 Å². The zero-order valence-electron chi connectivity index (χ0n) is 17.6. The van der Waals surface area contributed by atoms with Gasteiger partial charge in [0.05, 0.1) is 17.4 Å². The van der Waals surface area contributed by atoms with Crippen molar-refractivity contribution in [1.82, 2.24) is 25.1 Å². The summed E-state index contributed by atoms with van der Waals surface area (Å²) in [5.41, 5.74) is 1.83. The van der Waals surface area contributed by atoms with Gasteiger partial charge in [-0.05, 0) is 28.8 Å². The number of anilines is 2. The Morgan fingerprint density at radius 2 is 2.09 bits per heavy atom. The molecule has 0 radical (unpaired) electrons. The zero-order chi connectivity index (χ0) is 24.6. The van der Waals surface area contributed by atoms with Gasteiger partial charge in [0.1, 0.15) is 16.2 Å². The fourth-order valence-corrected chi connectivity index (χ4v) is 5.11. The Morgan fingerprint density at radius 3 is 2.62 bits per heavy atom. The number of piperazine rings is 1. The van der Waals surface area contributed by atoms with Gasteiger partial charge in [0.15, 0.2) is 4.60 Å². The molecule has 0 aromatic carbocycles. The fraction of sp³-hybridized carbons (Fsp3) is 0.421. The van der Waals surface area contributed by atoms with Gasteiger partial charge in [0.2, 0.25) is 0 Å². The van der Waals surface area contributed by atoms with Crippen molar-refractivity contribution in [3.8, 4) is 0 Å². The summed E-state index contributed by atoms with van der Waals surface area (Å²) in [7, 11) is 1.80. The second-order valence-electron chi connectivity index (χ2n) is 7.78. The van der Waals surface area contributed by atoms with Gasteiger partial charge in [-0.2, -0.15) is 18.3 Å². The van der Waals surface area contributed by atoms with Crippen LogP contribution in [-0.2, 0) is 11.8 Å². The summed E-state index contributed by atoms with van der Waals surface area (Å²) in [5.74, 6) is -2.11. The molecule has 6 heterocycles. The maximum atomic E-state index is 12.8. The molecule has 3 aliphatic heterocycles. The Hall–Kier alpha value is -2.78. The molecule has 3 N–H and O–H groups in total. The first-order chi connectivity index (χ1) is 16.0. The highest BCUT2D eigenvalue weighted by atomic mass is 79.9. The van der Waals surface area contributed by atoms with Crippen LogP contribution in [0.1, 0.15) is 23.2 Å². The van der Waals surface area contributed by atoms with Gasteiger partial charge in [-0.1, -0.05) is 0 Å². The summed E-state index contributed by atoms with van der Waals surface area (Å²) in [6.07, 6.45) is 0.885. The highest BCUT2D eigenvalue weighted by molar-refractivity contribution is 9.10. The topological polar surface area (TPSA) is 125 Å². The quantitative estimate of drug-likeness (QED) is 0.445. The van der Waals surface area contributed by atoms with Crippen LogP contribution in [0.2, 0.25) is 0 Å². The molecule has 0 spiro atoms. The van der Waals surface area contributed by atoms with Crippen LogP contribution in [0.4, 0.5) is 24.7 Å². The first-order valence-corrected chi connectivity index (χ1v) is 11.7. The number of rotatable bonds is 3. The highest BCUT2D eigenvalue weighted by Crippen LogP contribution is 2.30. The van der Waals surface area contributed by atoms with Crippen LogP contribution in [-0.4, -0.2) is 68.1 Å². The van der Waals surface area contributed by atoms with E-state index in [-0.39, 0.29) is 5.91 Å². The second-order valence-corrected chi connectivity index (χ2v) is 9.39. The van der Waals surface area contributed by atoms with Crippen molar-refractivity contribution >= 4 is 61.0 Å². The number of halogens is 4. The van der Waals surface area contributed by atoms with Gasteiger partial charge in [-0.25, -0.2) is 14.8 Å². The molecule has 3 aliphatic rings. The predicted molar refractivity (Wildman–Crippen MR) is 122 cm³/mol. The molecule has 3 aromatic heterocycles. The van der Waals surface area contributed by atoms with E-state index in [1.807, 2.05) is 11.6 Å². The minimum absolute atomic E-state index is 0.205. The first-order valence-electron chi connectivity index (χ1n) is 10.1.